The van der Waals surface area contributed by atoms with E-state index < -0.39 is 6.16 Å². The van der Waals surface area contributed by atoms with E-state index in [9.17, 15) is 9.59 Å². The molecule has 13 heteroatoms. The van der Waals surface area contributed by atoms with Crippen molar-refractivity contribution in [3.8, 4) is 17.1 Å². The fourth-order valence-corrected chi connectivity index (χ4v) is 5.09. The number of aryl methyl sites for hydroxylation is 1. The van der Waals surface area contributed by atoms with E-state index in [4.69, 9.17) is 29.6 Å². The first-order valence-corrected chi connectivity index (χ1v) is 13.3. The summed E-state index contributed by atoms with van der Waals surface area (Å²) in [6.45, 7) is 6.28. The van der Waals surface area contributed by atoms with Crippen LogP contribution in [-0.2, 0) is 16.1 Å². The number of carbonyl (C=O) groups is 3. The van der Waals surface area contributed by atoms with Crippen molar-refractivity contribution in [2.45, 2.75) is 39.7 Å². The summed E-state index contributed by atoms with van der Waals surface area (Å²) in [4.78, 5) is 32.2. The van der Waals surface area contributed by atoms with Gasteiger partial charge in [-0.05, 0) is 63.0 Å². The second-order valence-corrected chi connectivity index (χ2v) is 10.2. The summed E-state index contributed by atoms with van der Waals surface area (Å²) < 4.78 is 15.6. The van der Waals surface area contributed by atoms with Crippen LogP contribution in [0, 0.1) is 18.8 Å². The molecule has 4 aromatic rings. The van der Waals surface area contributed by atoms with Crippen LogP contribution in [0.4, 0.5) is 4.79 Å². The summed E-state index contributed by atoms with van der Waals surface area (Å²) in [5.41, 5.74) is 5.50. The van der Waals surface area contributed by atoms with Gasteiger partial charge in [-0.1, -0.05) is 12.1 Å². The van der Waals surface area contributed by atoms with Crippen LogP contribution in [0.3, 0.4) is 0 Å². The van der Waals surface area contributed by atoms with Crippen LogP contribution in [0.15, 0.2) is 42.6 Å². The molecular weight excluding hydrogens is 782 g/mol. The van der Waals surface area contributed by atoms with E-state index in [1.807, 2.05) is 18.2 Å². The van der Waals surface area contributed by atoms with Gasteiger partial charge in [0.05, 0.1) is 35.5 Å². The zero-order chi connectivity index (χ0) is 28.4. The first kappa shape index (κ1) is 36.0. The maximum atomic E-state index is 12.3. The van der Waals surface area contributed by atoms with Gasteiger partial charge in [-0.25, -0.2) is 9.31 Å². The SMILES string of the molecule is CCOC(=O)c1ccc2c(C)c(-c3cc4cccc(OCC5CNC(=O)C5)c4n3CC3CC3)nn2c1.O=C([O-])[O-].[Cs+].[Cs+]. The van der Waals surface area contributed by atoms with E-state index in [0.717, 1.165) is 45.7 Å². The number of benzene rings is 1. The number of amides is 1. The van der Waals surface area contributed by atoms with Gasteiger partial charge < -0.3 is 34.4 Å². The maximum absolute atomic E-state index is 12.3. The molecule has 0 radical (unpaired) electrons. The van der Waals surface area contributed by atoms with Crippen LogP contribution in [0.1, 0.15) is 42.1 Å². The van der Waals surface area contributed by atoms with E-state index in [1.54, 1.807) is 23.7 Å². The monoisotopic (exact) mass is 812 g/mol. The topological polar surface area (TPSA) is 150 Å². The fraction of sp³-hybridized carbons (Fsp3) is 0.379. The zero-order valence-electron chi connectivity index (χ0n) is 24.3. The number of hydrogen-bond donors (Lipinski definition) is 1. The van der Waals surface area contributed by atoms with E-state index in [1.165, 1.54) is 12.8 Å². The Morgan fingerprint density at radius 3 is 2.50 bits per heavy atom. The Labute approximate surface area is 360 Å². The number of nitrogens with zero attached hydrogens (tertiary/aromatic N) is 3. The normalized spacial score (nSPS) is 15.7. The standard InChI is InChI=1S/C28H30N4O4.CH2O3.2Cs/c1-3-35-28(34)21-9-10-22-17(2)26(30-32(22)15-21)23-12-20-5-4-6-24(27(20)31(23)14-18-7-8-18)36-16-19-11-25(33)29-13-19;2-1(3)4;;/h4-6,9-10,12,15,18-19H,3,7-8,11,13-14,16H2,1-2H3,(H,29,33);(H2,2,3,4);;/q;;2*+1/p-2. The molecule has 6 rings (SSSR count). The first-order valence-electron chi connectivity index (χ1n) is 13.3. The van der Waals surface area contributed by atoms with Crippen LogP contribution in [0.25, 0.3) is 27.8 Å². The Morgan fingerprint density at radius 2 is 1.86 bits per heavy atom. The van der Waals surface area contributed by atoms with Gasteiger partial charge in [0, 0.05) is 42.6 Å². The molecule has 4 heterocycles. The van der Waals surface area contributed by atoms with Crippen LogP contribution in [0.5, 0.6) is 5.75 Å². The number of nitrogens with one attached hydrogen (secondary N) is 1. The van der Waals surface area contributed by atoms with E-state index in [-0.39, 0.29) is 156 Å². The number of ether oxygens (including phenoxy) is 2. The predicted molar refractivity (Wildman–Crippen MR) is 142 cm³/mol. The molecule has 2 aliphatic rings. The Morgan fingerprint density at radius 1 is 1.12 bits per heavy atom. The number of aromatic nitrogens is 3. The summed E-state index contributed by atoms with van der Waals surface area (Å²) in [7, 11) is 0. The first-order chi connectivity index (χ1) is 19.2. The molecule has 2 fully saturated rings. The second-order valence-electron chi connectivity index (χ2n) is 10.2. The summed E-state index contributed by atoms with van der Waals surface area (Å²) in [5.74, 6) is 1.42. The molecule has 1 unspecified atom stereocenters. The predicted octanol–water partition coefficient (Wildman–Crippen LogP) is -4.07. The minimum atomic E-state index is -2.33. The smallest absolute Gasteiger partial charge is 0.652 e. The van der Waals surface area contributed by atoms with E-state index >= 15 is 0 Å². The van der Waals surface area contributed by atoms with Gasteiger partial charge in [-0.3, -0.25) is 4.79 Å². The molecule has 11 nitrogen and oxygen atoms in total. The number of esters is 1. The summed E-state index contributed by atoms with van der Waals surface area (Å²) in [6.07, 6.45) is 2.37. The Kier molecular flexibility index (Phi) is 13.9. The third-order valence-electron chi connectivity index (χ3n) is 7.19. The molecular formula is C29H30Cs2N4O7. The molecule has 210 valence electrons. The van der Waals surface area contributed by atoms with Crippen LogP contribution >= 0.6 is 0 Å². The van der Waals surface area contributed by atoms with Crippen LogP contribution < -0.4 is 158 Å². The maximum Gasteiger partial charge on any atom is 1.00 e. The second kappa shape index (κ2) is 16.2. The number of para-hydroxylation sites is 1. The van der Waals surface area contributed by atoms with Crippen molar-refractivity contribution in [3.63, 3.8) is 0 Å². The minimum absolute atomic E-state index is 0. The largest absolute Gasteiger partial charge is 1.00 e. The van der Waals surface area contributed by atoms with Crippen molar-refractivity contribution >= 4 is 34.5 Å². The summed E-state index contributed by atoms with van der Waals surface area (Å²) >= 11 is 0. The molecule has 1 amide bonds. The van der Waals surface area contributed by atoms with Crippen molar-refractivity contribution in [1.29, 1.82) is 0 Å². The fourth-order valence-electron chi connectivity index (χ4n) is 5.09. The summed E-state index contributed by atoms with van der Waals surface area (Å²) in [5, 5.41) is 25.6. The number of hydrogen-bond acceptors (Lipinski definition) is 8. The van der Waals surface area contributed by atoms with Gasteiger partial charge in [0.2, 0.25) is 5.91 Å². The minimum Gasteiger partial charge on any atom is -0.652 e. The number of rotatable bonds is 8. The molecule has 42 heavy (non-hydrogen) atoms. The van der Waals surface area contributed by atoms with E-state index in [2.05, 4.69) is 28.9 Å². The Bertz CT molecular complexity index is 1590. The zero-order valence-corrected chi connectivity index (χ0v) is 36.9. The van der Waals surface area contributed by atoms with Gasteiger partial charge in [-0.15, -0.1) is 0 Å². The van der Waals surface area contributed by atoms with Crippen molar-refractivity contribution in [2.24, 2.45) is 11.8 Å². The van der Waals surface area contributed by atoms with Crippen LogP contribution in [-0.4, -0.2) is 52.0 Å². The quantitative estimate of drug-likeness (QED) is 0.177. The van der Waals surface area contributed by atoms with Crippen molar-refractivity contribution in [3.05, 3.63) is 53.7 Å². The summed E-state index contributed by atoms with van der Waals surface area (Å²) in [6, 6.07) is 12.1. The van der Waals surface area contributed by atoms with Gasteiger partial charge in [0.15, 0.2) is 0 Å². The molecule has 3 aromatic heterocycles. The third-order valence-corrected chi connectivity index (χ3v) is 7.19. The average molecular weight is 812 g/mol. The molecule has 1 atom stereocenters. The Hall–Kier alpha value is -0.436. The van der Waals surface area contributed by atoms with Gasteiger partial charge in [0.25, 0.3) is 0 Å². The number of fused-ring (bicyclic) bond motifs is 2. The third kappa shape index (κ3) is 8.63. The molecule has 1 saturated heterocycles. The van der Waals surface area contributed by atoms with E-state index in [0.29, 0.717) is 37.7 Å². The molecule has 1 aliphatic heterocycles. The van der Waals surface area contributed by atoms with Crippen molar-refractivity contribution < 1.29 is 172 Å². The molecule has 1 N–H and O–H groups in total. The molecule has 0 spiro atoms. The molecule has 1 aromatic carbocycles. The van der Waals surface area contributed by atoms with Gasteiger partial charge >= 0.3 is 144 Å². The number of carboxylic acid groups (broad SMARTS) is 2. The van der Waals surface area contributed by atoms with Crippen molar-refractivity contribution in [2.75, 3.05) is 19.8 Å². The number of carbonyl (C=O) groups excluding carboxylic acids is 3. The molecule has 1 aliphatic carbocycles. The van der Waals surface area contributed by atoms with Crippen LogP contribution in [0.2, 0.25) is 0 Å². The average Bonchev–Trinajstić information content (AvgIpc) is 3.38. The van der Waals surface area contributed by atoms with Gasteiger partial charge in [-0.2, -0.15) is 5.10 Å². The Balaban J connectivity index is 0.000000760. The van der Waals surface area contributed by atoms with Crippen molar-refractivity contribution in [1.82, 2.24) is 19.5 Å². The molecule has 1 saturated carbocycles. The molecule has 0 bridgehead atoms. The van der Waals surface area contributed by atoms with Gasteiger partial charge in [0.1, 0.15) is 11.4 Å². The number of pyridine rings is 1.